The minimum atomic E-state index is -0.0142. The van der Waals surface area contributed by atoms with Crippen LogP contribution >= 0.6 is 11.3 Å². The molecule has 22 heavy (non-hydrogen) atoms. The minimum absolute atomic E-state index is 0.0142. The molecule has 0 spiro atoms. The lowest BCUT2D eigenvalue weighted by Gasteiger charge is -2.04. The van der Waals surface area contributed by atoms with Gasteiger partial charge in [0.1, 0.15) is 11.5 Å². The lowest BCUT2D eigenvalue weighted by molar-refractivity contribution is 0.104. The molecule has 3 aromatic rings. The van der Waals surface area contributed by atoms with Gasteiger partial charge in [0.05, 0.1) is 4.88 Å². The number of rotatable bonds is 5. The molecule has 1 heterocycles. The van der Waals surface area contributed by atoms with E-state index in [1.165, 1.54) is 0 Å². The van der Waals surface area contributed by atoms with E-state index in [-0.39, 0.29) is 5.78 Å². The summed E-state index contributed by atoms with van der Waals surface area (Å²) in [6, 6.07) is 20.7. The zero-order valence-corrected chi connectivity index (χ0v) is 12.6. The van der Waals surface area contributed by atoms with Crippen molar-refractivity contribution in [3.8, 4) is 11.5 Å². The number of allylic oxidation sites excluding steroid dienone is 1. The number of ketones is 1. The molecule has 108 valence electrons. The van der Waals surface area contributed by atoms with Gasteiger partial charge in [0.2, 0.25) is 0 Å². The largest absolute Gasteiger partial charge is 0.456 e. The van der Waals surface area contributed by atoms with Crippen LogP contribution in [0, 0.1) is 0 Å². The molecule has 3 rings (SSSR count). The van der Waals surface area contributed by atoms with Crippen molar-refractivity contribution in [1.82, 2.24) is 0 Å². The van der Waals surface area contributed by atoms with Gasteiger partial charge in [0.25, 0.3) is 0 Å². The van der Waals surface area contributed by atoms with Crippen LogP contribution in [-0.2, 0) is 0 Å². The number of para-hydroxylation sites is 1. The van der Waals surface area contributed by atoms with E-state index in [4.69, 9.17) is 4.74 Å². The Hall–Kier alpha value is -2.65. The highest BCUT2D eigenvalue weighted by atomic mass is 32.1. The van der Waals surface area contributed by atoms with Crippen molar-refractivity contribution in [1.29, 1.82) is 0 Å². The molecule has 0 fully saturated rings. The van der Waals surface area contributed by atoms with Crippen molar-refractivity contribution in [3.05, 3.63) is 88.6 Å². The van der Waals surface area contributed by atoms with E-state index in [1.54, 1.807) is 23.5 Å². The SMILES string of the molecule is O=C(/C=C/c1sccc1Oc1ccccc1)c1ccccc1. The van der Waals surface area contributed by atoms with Gasteiger partial charge in [-0.1, -0.05) is 48.5 Å². The van der Waals surface area contributed by atoms with Gasteiger partial charge in [-0.05, 0) is 35.7 Å². The maximum Gasteiger partial charge on any atom is 0.185 e. The molecule has 2 aromatic carbocycles. The molecule has 0 amide bonds. The van der Waals surface area contributed by atoms with Crippen LogP contribution in [0.5, 0.6) is 11.5 Å². The van der Waals surface area contributed by atoms with E-state index in [0.29, 0.717) is 5.56 Å². The Morgan fingerprint density at radius 1 is 0.909 bits per heavy atom. The third-order valence-electron chi connectivity index (χ3n) is 3.07. The van der Waals surface area contributed by atoms with Crippen LogP contribution in [0.3, 0.4) is 0 Å². The zero-order chi connectivity index (χ0) is 15.2. The predicted molar refractivity (Wildman–Crippen MR) is 90.6 cm³/mol. The number of thiophene rings is 1. The summed E-state index contributed by atoms with van der Waals surface area (Å²) in [4.78, 5) is 13.0. The fraction of sp³-hybridized carbons (Fsp3) is 0. The van der Waals surface area contributed by atoms with Crippen molar-refractivity contribution >= 4 is 23.2 Å². The number of hydrogen-bond acceptors (Lipinski definition) is 3. The second-order valence-corrected chi connectivity index (χ2v) is 5.58. The molecule has 0 saturated heterocycles. The first-order chi connectivity index (χ1) is 10.8. The van der Waals surface area contributed by atoms with E-state index in [2.05, 4.69) is 0 Å². The lowest BCUT2D eigenvalue weighted by atomic mass is 10.1. The normalized spacial score (nSPS) is 10.7. The van der Waals surface area contributed by atoms with Crippen LogP contribution < -0.4 is 4.74 Å². The topological polar surface area (TPSA) is 26.3 Å². The van der Waals surface area contributed by atoms with Gasteiger partial charge in [-0.25, -0.2) is 0 Å². The lowest BCUT2D eigenvalue weighted by Crippen LogP contribution is -1.92. The number of carbonyl (C=O) groups excluding carboxylic acids is 1. The number of benzene rings is 2. The Kier molecular flexibility index (Phi) is 4.47. The molecule has 1 aromatic heterocycles. The quantitative estimate of drug-likeness (QED) is 0.463. The molecule has 0 aliphatic rings. The Balaban J connectivity index is 1.75. The Bertz CT molecular complexity index is 773. The van der Waals surface area contributed by atoms with Crippen LogP contribution in [0.15, 0.2) is 78.2 Å². The van der Waals surface area contributed by atoms with E-state index in [9.17, 15) is 4.79 Å². The second kappa shape index (κ2) is 6.87. The van der Waals surface area contributed by atoms with Crippen molar-refractivity contribution in [2.24, 2.45) is 0 Å². The summed E-state index contributed by atoms with van der Waals surface area (Å²) in [5.74, 6) is 1.53. The maximum absolute atomic E-state index is 12.1. The highest BCUT2D eigenvalue weighted by molar-refractivity contribution is 7.11. The number of carbonyl (C=O) groups is 1. The third-order valence-corrected chi connectivity index (χ3v) is 3.94. The smallest absolute Gasteiger partial charge is 0.185 e. The summed E-state index contributed by atoms with van der Waals surface area (Å²) in [5, 5.41) is 1.95. The molecule has 0 atom stereocenters. The molecular weight excluding hydrogens is 292 g/mol. The number of ether oxygens (including phenoxy) is 1. The number of hydrogen-bond donors (Lipinski definition) is 0. The van der Waals surface area contributed by atoms with Crippen LogP contribution in [0.2, 0.25) is 0 Å². The summed E-state index contributed by atoms with van der Waals surface area (Å²) >= 11 is 1.54. The second-order valence-electron chi connectivity index (χ2n) is 4.63. The minimum Gasteiger partial charge on any atom is -0.456 e. The van der Waals surface area contributed by atoms with E-state index < -0.39 is 0 Å². The van der Waals surface area contributed by atoms with Crippen molar-refractivity contribution in [2.45, 2.75) is 0 Å². The third kappa shape index (κ3) is 3.51. The van der Waals surface area contributed by atoms with Gasteiger partial charge in [0.15, 0.2) is 5.78 Å². The van der Waals surface area contributed by atoms with Crippen molar-refractivity contribution in [2.75, 3.05) is 0 Å². The standard InChI is InChI=1S/C19H14O2S/c20-17(15-7-3-1-4-8-15)11-12-19-18(13-14-22-19)21-16-9-5-2-6-10-16/h1-14H/b12-11+. The van der Waals surface area contributed by atoms with Gasteiger partial charge in [-0.2, -0.15) is 0 Å². The summed E-state index contributed by atoms with van der Waals surface area (Å²) < 4.78 is 5.84. The fourth-order valence-corrected chi connectivity index (χ4v) is 2.69. The summed E-state index contributed by atoms with van der Waals surface area (Å²) in [7, 11) is 0. The molecule has 0 bridgehead atoms. The van der Waals surface area contributed by atoms with Crippen LogP contribution in [0.1, 0.15) is 15.2 Å². The van der Waals surface area contributed by atoms with Crippen molar-refractivity contribution in [3.63, 3.8) is 0 Å². The van der Waals surface area contributed by atoms with Gasteiger partial charge < -0.3 is 4.74 Å². The molecule has 0 aliphatic heterocycles. The molecule has 0 N–H and O–H groups in total. The van der Waals surface area contributed by atoms with Crippen LogP contribution in [0.25, 0.3) is 6.08 Å². The highest BCUT2D eigenvalue weighted by Crippen LogP contribution is 2.30. The van der Waals surface area contributed by atoms with E-state index in [1.807, 2.05) is 72.1 Å². The van der Waals surface area contributed by atoms with Gasteiger partial charge in [-0.15, -0.1) is 11.3 Å². The van der Waals surface area contributed by atoms with Gasteiger partial charge >= 0.3 is 0 Å². The van der Waals surface area contributed by atoms with E-state index >= 15 is 0 Å². The first kappa shape index (κ1) is 14.3. The van der Waals surface area contributed by atoms with Crippen LogP contribution in [-0.4, -0.2) is 5.78 Å². The van der Waals surface area contributed by atoms with Gasteiger partial charge in [-0.3, -0.25) is 4.79 Å². The molecular formula is C19H14O2S. The van der Waals surface area contributed by atoms with Crippen LogP contribution in [0.4, 0.5) is 0 Å². The Morgan fingerprint density at radius 2 is 1.59 bits per heavy atom. The highest BCUT2D eigenvalue weighted by Gasteiger charge is 2.05. The molecule has 0 radical (unpaired) electrons. The van der Waals surface area contributed by atoms with Gasteiger partial charge in [0, 0.05) is 5.56 Å². The summed E-state index contributed by atoms with van der Waals surface area (Å²) in [5.41, 5.74) is 0.681. The monoisotopic (exact) mass is 306 g/mol. The average Bonchev–Trinajstić information content (AvgIpc) is 3.01. The van der Waals surface area contributed by atoms with Crippen molar-refractivity contribution < 1.29 is 9.53 Å². The Morgan fingerprint density at radius 3 is 2.32 bits per heavy atom. The first-order valence-corrected chi connectivity index (χ1v) is 7.79. The molecule has 3 heteroatoms. The molecule has 2 nitrogen and oxygen atoms in total. The summed E-state index contributed by atoms with van der Waals surface area (Å²) in [6.07, 6.45) is 3.39. The molecule has 0 aliphatic carbocycles. The first-order valence-electron chi connectivity index (χ1n) is 6.91. The average molecular weight is 306 g/mol. The molecule has 0 saturated carbocycles. The Labute approximate surface area is 133 Å². The maximum atomic E-state index is 12.1. The summed E-state index contributed by atoms with van der Waals surface area (Å²) in [6.45, 7) is 0. The van der Waals surface area contributed by atoms with E-state index in [0.717, 1.165) is 16.4 Å². The molecule has 0 unspecified atom stereocenters. The fourth-order valence-electron chi connectivity index (χ4n) is 1.98. The zero-order valence-electron chi connectivity index (χ0n) is 11.8. The predicted octanol–water partition coefficient (Wildman–Crippen LogP) is 5.44.